The van der Waals surface area contributed by atoms with Crippen molar-refractivity contribution < 1.29 is 9.58 Å². The Labute approximate surface area is 76.8 Å². The van der Waals surface area contributed by atoms with Gasteiger partial charge in [-0.3, -0.25) is 4.79 Å². The summed E-state index contributed by atoms with van der Waals surface area (Å²) in [6.45, 7) is 0. The number of carbonyl (C=O) groups is 1. The van der Waals surface area contributed by atoms with Crippen molar-refractivity contribution in [3.05, 3.63) is 5.53 Å². The van der Waals surface area contributed by atoms with Crippen LogP contribution in [0.25, 0.3) is 5.53 Å². The maximum atomic E-state index is 11.8. The number of carbonyl (C=O) groups excluding carboxylic acids is 1. The lowest BCUT2D eigenvalue weighted by molar-refractivity contribution is -0.136. The summed E-state index contributed by atoms with van der Waals surface area (Å²) in [5.74, 6) is 1.79. The van der Waals surface area contributed by atoms with Crippen LogP contribution in [0.5, 0.6) is 0 Å². The Morgan fingerprint density at radius 3 is 2.69 bits per heavy atom. The number of hydrogen-bond acceptors (Lipinski definition) is 1. The van der Waals surface area contributed by atoms with Gasteiger partial charge in [-0.15, -0.1) is 0 Å². The minimum atomic E-state index is -0.0127. The third-order valence-corrected chi connectivity index (χ3v) is 4.01. The number of ketones is 1. The Bertz CT molecular complexity index is 330. The molecule has 13 heavy (non-hydrogen) atoms. The van der Waals surface area contributed by atoms with Gasteiger partial charge in [0.25, 0.3) is 5.71 Å². The van der Waals surface area contributed by atoms with Crippen LogP contribution in [0, 0.1) is 23.7 Å². The zero-order valence-corrected chi connectivity index (χ0v) is 7.44. The van der Waals surface area contributed by atoms with E-state index in [0.29, 0.717) is 17.6 Å². The molecule has 0 heterocycles. The molecule has 3 heteroatoms. The van der Waals surface area contributed by atoms with Gasteiger partial charge in [0, 0.05) is 5.92 Å². The number of Topliss-reactive ketones (excluding diaryl/α,β-unsaturated/α-hetero) is 1. The molecule has 4 aliphatic carbocycles. The molecular formula is C10H12N2O. The second kappa shape index (κ2) is 2.30. The SMILES string of the molecule is [N-]=[N+]=C1C2CC3CC(C2)C(=O)C1C3. The fraction of sp³-hybridized carbons (Fsp3) is 0.800. The lowest BCUT2D eigenvalue weighted by Gasteiger charge is -2.45. The first kappa shape index (κ1) is 7.45. The van der Waals surface area contributed by atoms with Crippen LogP contribution in [-0.2, 0) is 4.79 Å². The van der Waals surface area contributed by atoms with Crippen LogP contribution < -0.4 is 0 Å². The van der Waals surface area contributed by atoms with Crippen LogP contribution >= 0.6 is 0 Å². The third-order valence-electron chi connectivity index (χ3n) is 4.01. The number of hydrogen-bond donors (Lipinski definition) is 0. The first-order valence-electron chi connectivity index (χ1n) is 5.05. The molecule has 0 saturated heterocycles. The molecule has 4 unspecified atom stereocenters. The monoisotopic (exact) mass is 176 g/mol. The quantitative estimate of drug-likeness (QED) is 0.405. The molecule has 4 aliphatic rings. The van der Waals surface area contributed by atoms with Crippen LogP contribution in [0.3, 0.4) is 0 Å². The van der Waals surface area contributed by atoms with Crippen molar-refractivity contribution in [2.45, 2.75) is 25.7 Å². The minimum absolute atomic E-state index is 0.0127. The molecule has 0 amide bonds. The molecule has 0 aromatic heterocycles. The summed E-state index contributed by atoms with van der Waals surface area (Å²) >= 11 is 0. The zero-order valence-electron chi connectivity index (χ0n) is 7.44. The van der Waals surface area contributed by atoms with Crippen molar-refractivity contribution in [3.8, 4) is 0 Å². The summed E-state index contributed by atoms with van der Waals surface area (Å²) < 4.78 is 0. The molecule has 3 nitrogen and oxygen atoms in total. The normalized spacial score (nSPS) is 46.8. The molecule has 0 radical (unpaired) electrons. The molecule has 0 aliphatic heterocycles. The van der Waals surface area contributed by atoms with Gasteiger partial charge in [0.15, 0.2) is 0 Å². The number of rotatable bonds is 0. The highest BCUT2D eigenvalue weighted by Crippen LogP contribution is 2.49. The average Bonchev–Trinajstić information content (AvgIpc) is 2.13. The predicted molar refractivity (Wildman–Crippen MR) is 46.1 cm³/mol. The van der Waals surface area contributed by atoms with Gasteiger partial charge in [-0.1, -0.05) is 0 Å². The fourth-order valence-electron chi connectivity index (χ4n) is 3.54. The Balaban J connectivity index is 2.07. The van der Waals surface area contributed by atoms with Crippen molar-refractivity contribution in [1.82, 2.24) is 0 Å². The lowest BCUT2D eigenvalue weighted by atomic mass is 9.55. The summed E-state index contributed by atoms with van der Waals surface area (Å²) in [7, 11) is 0. The molecule has 4 saturated carbocycles. The van der Waals surface area contributed by atoms with Crippen molar-refractivity contribution in [1.29, 1.82) is 0 Å². The van der Waals surface area contributed by atoms with Crippen molar-refractivity contribution in [2.75, 3.05) is 0 Å². The van der Waals surface area contributed by atoms with E-state index < -0.39 is 0 Å². The van der Waals surface area contributed by atoms with Gasteiger partial charge < -0.3 is 5.53 Å². The molecule has 68 valence electrons. The van der Waals surface area contributed by atoms with Crippen molar-refractivity contribution in [2.24, 2.45) is 23.7 Å². The first-order valence-corrected chi connectivity index (χ1v) is 5.05. The topological polar surface area (TPSA) is 53.5 Å². The van der Waals surface area contributed by atoms with E-state index in [-0.39, 0.29) is 5.92 Å². The van der Waals surface area contributed by atoms with Gasteiger partial charge in [-0.2, -0.15) is 4.79 Å². The molecule has 4 atom stereocenters. The smallest absolute Gasteiger partial charge is 0.282 e. The summed E-state index contributed by atoms with van der Waals surface area (Å²) in [5.41, 5.74) is 9.64. The highest BCUT2D eigenvalue weighted by Gasteiger charge is 2.55. The maximum Gasteiger partial charge on any atom is 0.282 e. The van der Waals surface area contributed by atoms with Gasteiger partial charge >= 0.3 is 0 Å². The molecule has 0 aromatic rings. The summed E-state index contributed by atoms with van der Waals surface area (Å²) in [4.78, 5) is 15.1. The molecule has 0 aromatic carbocycles. The van der Waals surface area contributed by atoms with Crippen LogP contribution in [0.4, 0.5) is 0 Å². The third kappa shape index (κ3) is 0.829. The Hall–Kier alpha value is -0.950. The van der Waals surface area contributed by atoms with Crippen LogP contribution in [0.15, 0.2) is 0 Å². The zero-order chi connectivity index (χ0) is 9.00. The van der Waals surface area contributed by atoms with E-state index in [9.17, 15) is 4.79 Å². The second-order valence-electron chi connectivity index (χ2n) is 4.68. The Morgan fingerprint density at radius 1 is 1.15 bits per heavy atom. The van der Waals surface area contributed by atoms with Crippen molar-refractivity contribution in [3.63, 3.8) is 0 Å². The predicted octanol–water partition coefficient (Wildman–Crippen LogP) is 1.29. The molecule has 4 rings (SSSR count). The molecule has 4 fully saturated rings. The Kier molecular flexibility index (Phi) is 1.32. The van der Waals surface area contributed by atoms with Crippen LogP contribution in [0.1, 0.15) is 25.7 Å². The van der Waals surface area contributed by atoms with Crippen LogP contribution in [-0.4, -0.2) is 16.3 Å². The largest absolute Gasteiger partial charge is 0.362 e. The van der Waals surface area contributed by atoms with Crippen LogP contribution in [0.2, 0.25) is 0 Å². The van der Waals surface area contributed by atoms with E-state index in [1.165, 1.54) is 0 Å². The van der Waals surface area contributed by atoms with Gasteiger partial charge in [0.1, 0.15) is 11.7 Å². The van der Waals surface area contributed by atoms with Gasteiger partial charge in [0.2, 0.25) is 0 Å². The standard InChI is InChI=1S/C10H12N2O/c11-12-9-6-1-5-2-7(4-6)10(13)8(9)3-5/h5-8H,1-4H2. The summed E-state index contributed by atoms with van der Waals surface area (Å²) in [6.07, 6.45) is 4.15. The summed E-state index contributed by atoms with van der Waals surface area (Å²) in [6, 6.07) is 0. The van der Waals surface area contributed by atoms with E-state index >= 15 is 0 Å². The second-order valence-corrected chi connectivity index (χ2v) is 4.68. The van der Waals surface area contributed by atoms with Gasteiger partial charge in [-0.25, -0.2) is 0 Å². The van der Waals surface area contributed by atoms with Gasteiger partial charge in [0.05, 0.1) is 5.92 Å². The van der Waals surface area contributed by atoms with Crippen molar-refractivity contribution >= 4 is 11.5 Å². The van der Waals surface area contributed by atoms with E-state index in [4.69, 9.17) is 5.53 Å². The van der Waals surface area contributed by atoms with E-state index in [1.54, 1.807) is 0 Å². The lowest BCUT2D eigenvalue weighted by Crippen LogP contribution is -2.52. The molecule has 4 bridgehead atoms. The first-order chi connectivity index (χ1) is 6.29. The maximum absolute atomic E-state index is 11.8. The summed E-state index contributed by atoms with van der Waals surface area (Å²) in [5, 5.41) is 0. The minimum Gasteiger partial charge on any atom is -0.362 e. The average molecular weight is 176 g/mol. The van der Waals surface area contributed by atoms with E-state index in [0.717, 1.165) is 37.3 Å². The van der Waals surface area contributed by atoms with E-state index in [2.05, 4.69) is 4.79 Å². The highest BCUT2D eigenvalue weighted by molar-refractivity contribution is 6.07. The Morgan fingerprint density at radius 2 is 1.92 bits per heavy atom. The van der Waals surface area contributed by atoms with E-state index in [1.807, 2.05) is 0 Å². The molecule has 0 spiro atoms. The molecular weight excluding hydrogens is 164 g/mol. The van der Waals surface area contributed by atoms with Gasteiger partial charge in [-0.05, 0) is 31.6 Å². The fourth-order valence-corrected chi connectivity index (χ4v) is 3.54. The molecule has 0 N–H and O–H groups in total. The number of nitrogens with zero attached hydrogens (tertiary/aromatic N) is 2. The highest BCUT2D eigenvalue weighted by atomic mass is 16.1.